The van der Waals surface area contributed by atoms with Gasteiger partial charge >= 0.3 is 5.69 Å². The van der Waals surface area contributed by atoms with E-state index < -0.39 is 0 Å². The lowest BCUT2D eigenvalue weighted by Crippen LogP contribution is -2.50. The fraction of sp³-hybridized carbons (Fsp3) is 0.520. The van der Waals surface area contributed by atoms with E-state index in [0.29, 0.717) is 18.2 Å². The zero-order valence-corrected chi connectivity index (χ0v) is 20.5. The van der Waals surface area contributed by atoms with Gasteiger partial charge in [-0.05, 0) is 62.3 Å². The number of benzene rings is 1. The SMILES string of the molecule is C[C@H]1C[C@@]2(CCN1Cc1cn(Cc3cn(C4CC4)c(=O)[nH]c3=O)nn1)OCCc1ccc(Cl)cc12. The number of ether oxygens (including phenoxy) is 1. The predicted octanol–water partition coefficient (Wildman–Crippen LogP) is 2.62. The molecule has 2 aromatic heterocycles. The summed E-state index contributed by atoms with van der Waals surface area (Å²) < 4.78 is 9.69. The second kappa shape index (κ2) is 8.72. The summed E-state index contributed by atoms with van der Waals surface area (Å²) in [5.74, 6) is 0. The van der Waals surface area contributed by atoms with Crippen LogP contribution in [0.15, 0.2) is 40.2 Å². The molecule has 9 nitrogen and oxygen atoms in total. The van der Waals surface area contributed by atoms with E-state index in [1.165, 1.54) is 11.1 Å². The third-order valence-corrected chi connectivity index (χ3v) is 7.86. The molecule has 0 unspecified atom stereocenters. The first-order valence-electron chi connectivity index (χ1n) is 12.3. The molecule has 0 bridgehead atoms. The molecule has 3 aromatic rings. The first-order chi connectivity index (χ1) is 16.9. The van der Waals surface area contributed by atoms with Gasteiger partial charge in [0.2, 0.25) is 0 Å². The van der Waals surface area contributed by atoms with Crippen LogP contribution in [-0.2, 0) is 29.8 Å². The number of piperidine rings is 1. The van der Waals surface area contributed by atoms with Crippen LogP contribution in [0, 0.1) is 0 Å². The van der Waals surface area contributed by atoms with Crippen LogP contribution in [-0.4, -0.2) is 48.6 Å². The highest BCUT2D eigenvalue weighted by molar-refractivity contribution is 6.30. The number of halogens is 1. The number of likely N-dealkylation sites (tertiary alicyclic amines) is 1. The van der Waals surface area contributed by atoms with Crippen LogP contribution in [0.4, 0.5) is 0 Å². The van der Waals surface area contributed by atoms with Gasteiger partial charge in [-0.1, -0.05) is 22.9 Å². The van der Waals surface area contributed by atoms with Crippen LogP contribution in [0.1, 0.15) is 61.0 Å². The van der Waals surface area contributed by atoms with Gasteiger partial charge in [0.05, 0.1) is 36.2 Å². The van der Waals surface area contributed by atoms with Crippen LogP contribution in [0.5, 0.6) is 0 Å². The topological polar surface area (TPSA) is 98.0 Å². The number of aromatic amines is 1. The Morgan fingerprint density at radius 1 is 1.23 bits per heavy atom. The van der Waals surface area contributed by atoms with Crippen molar-refractivity contribution in [2.75, 3.05) is 13.2 Å². The van der Waals surface area contributed by atoms with E-state index in [9.17, 15) is 9.59 Å². The van der Waals surface area contributed by atoms with Gasteiger partial charge in [-0.3, -0.25) is 19.2 Å². The van der Waals surface area contributed by atoms with Crippen LogP contribution >= 0.6 is 11.6 Å². The average molecular weight is 497 g/mol. The molecule has 1 aliphatic carbocycles. The number of fused-ring (bicyclic) bond motifs is 2. The summed E-state index contributed by atoms with van der Waals surface area (Å²) in [7, 11) is 0. The minimum atomic E-state index is -0.369. The lowest BCUT2D eigenvalue weighted by molar-refractivity contribution is -0.113. The van der Waals surface area contributed by atoms with Gasteiger partial charge in [-0.2, -0.15) is 0 Å². The van der Waals surface area contributed by atoms with E-state index in [1.807, 2.05) is 12.3 Å². The molecule has 2 fully saturated rings. The molecule has 3 aliphatic rings. The van der Waals surface area contributed by atoms with Crippen molar-refractivity contribution in [3.05, 3.63) is 78.8 Å². The average Bonchev–Trinajstić information content (AvgIpc) is 3.58. The molecule has 6 rings (SSSR count). The van der Waals surface area contributed by atoms with Crippen LogP contribution in [0.3, 0.4) is 0 Å². The van der Waals surface area contributed by atoms with Crippen molar-refractivity contribution in [1.29, 1.82) is 0 Å². The van der Waals surface area contributed by atoms with Gasteiger partial charge in [0.25, 0.3) is 5.56 Å². The van der Waals surface area contributed by atoms with E-state index in [4.69, 9.17) is 16.3 Å². The maximum atomic E-state index is 12.3. The van der Waals surface area contributed by atoms with Gasteiger partial charge in [0, 0.05) is 36.4 Å². The van der Waals surface area contributed by atoms with Crippen molar-refractivity contribution in [2.45, 2.75) is 69.8 Å². The quantitative estimate of drug-likeness (QED) is 0.583. The number of hydrogen-bond acceptors (Lipinski definition) is 6. The van der Waals surface area contributed by atoms with E-state index >= 15 is 0 Å². The standard InChI is InChI=1S/C25H29ClN6O3/c1-16-11-25(22-10-19(26)3-2-17(22)6-9-35-25)7-8-30(16)14-20-15-31(29-28-20)12-18-13-32(21-4-5-21)24(34)27-23(18)33/h2-3,10,13,15-16,21H,4-9,11-12,14H2,1H3,(H,27,33,34)/t16-,25+/m0/s1. The molecule has 1 N–H and O–H groups in total. The molecule has 2 aliphatic heterocycles. The predicted molar refractivity (Wildman–Crippen MR) is 131 cm³/mol. The summed E-state index contributed by atoms with van der Waals surface area (Å²) in [6, 6.07) is 6.68. The first kappa shape index (κ1) is 22.7. The Labute approximate surface area is 207 Å². The van der Waals surface area contributed by atoms with E-state index in [2.05, 4.69) is 39.3 Å². The number of nitrogens with zero attached hydrogens (tertiary/aromatic N) is 5. The Morgan fingerprint density at radius 2 is 2.09 bits per heavy atom. The molecular formula is C25H29ClN6O3. The summed E-state index contributed by atoms with van der Waals surface area (Å²) in [6.07, 6.45) is 8.21. The third kappa shape index (κ3) is 4.37. The Hall–Kier alpha value is -2.75. The van der Waals surface area contributed by atoms with Crippen LogP contribution in [0.25, 0.3) is 0 Å². The lowest BCUT2D eigenvalue weighted by atomic mass is 9.77. The molecule has 1 saturated carbocycles. The highest BCUT2D eigenvalue weighted by Gasteiger charge is 2.43. The maximum Gasteiger partial charge on any atom is 0.328 e. The van der Waals surface area contributed by atoms with Crippen molar-refractivity contribution in [1.82, 2.24) is 29.4 Å². The largest absolute Gasteiger partial charge is 0.370 e. The Morgan fingerprint density at radius 3 is 2.89 bits per heavy atom. The molecule has 1 spiro atoms. The number of aromatic nitrogens is 5. The van der Waals surface area contributed by atoms with Crippen molar-refractivity contribution >= 4 is 11.6 Å². The number of nitrogens with one attached hydrogen (secondary N) is 1. The Bertz CT molecular complexity index is 1380. The van der Waals surface area contributed by atoms with Crippen LogP contribution < -0.4 is 11.2 Å². The van der Waals surface area contributed by atoms with Gasteiger partial charge in [0.1, 0.15) is 0 Å². The normalized spacial score (nSPS) is 24.6. The fourth-order valence-electron chi connectivity index (χ4n) is 5.62. The third-order valence-electron chi connectivity index (χ3n) is 7.63. The number of rotatable bonds is 5. The summed E-state index contributed by atoms with van der Waals surface area (Å²) in [4.78, 5) is 29.2. The molecule has 1 saturated heterocycles. The summed E-state index contributed by atoms with van der Waals surface area (Å²) in [6.45, 7) is 4.81. The zero-order valence-electron chi connectivity index (χ0n) is 19.7. The van der Waals surface area contributed by atoms with Crippen molar-refractivity contribution in [3.63, 3.8) is 0 Å². The molecule has 0 radical (unpaired) electrons. The smallest absolute Gasteiger partial charge is 0.328 e. The molecular weight excluding hydrogens is 468 g/mol. The van der Waals surface area contributed by atoms with Crippen molar-refractivity contribution in [3.8, 4) is 0 Å². The van der Waals surface area contributed by atoms with E-state index in [-0.39, 0.29) is 29.4 Å². The molecule has 1 aromatic carbocycles. The first-order valence-corrected chi connectivity index (χ1v) is 12.7. The van der Waals surface area contributed by atoms with Crippen molar-refractivity contribution in [2.24, 2.45) is 0 Å². The lowest BCUT2D eigenvalue weighted by Gasteiger charge is -2.48. The Kier molecular flexibility index (Phi) is 5.66. The molecule has 2 atom stereocenters. The van der Waals surface area contributed by atoms with E-state index in [0.717, 1.165) is 56.0 Å². The number of H-pyrrole nitrogens is 1. The highest BCUT2D eigenvalue weighted by Crippen LogP contribution is 2.44. The second-order valence-electron chi connectivity index (χ2n) is 10.1. The molecule has 0 amide bonds. The minimum Gasteiger partial charge on any atom is -0.370 e. The fourth-order valence-corrected chi connectivity index (χ4v) is 5.80. The van der Waals surface area contributed by atoms with Crippen molar-refractivity contribution < 1.29 is 4.74 Å². The second-order valence-corrected chi connectivity index (χ2v) is 10.6. The Balaban J connectivity index is 1.15. The van der Waals surface area contributed by atoms with Gasteiger partial charge in [-0.25, -0.2) is 9.48 Å². The van der Waals surface area contributed by atoms with Gasteiger partial charge in [-0.15, -0.1) is 5.10 Å². The molecule has 35 heavy (non-hydrogen) atoms. The van der Waals surface area contributed by atoms with Gasteiger partial charge < -0.3 is 4.74 Å². The van der Waals surface area contributed by atoms with Gasteiger partial charge in [0.15, 0.2) is 0 Å². The summed E-state index contributed by atoms with van der Waals surface area (Å²) in [5.41, 5.74) is 2.95. The molecule has 4 heterocycles. The zero-order chi connectivity index (χ0) is 24.2. The van der Waals surface area contributed by atoms with E-state index in [1.54, 1.807) is 15.4 Å². The molecule has 184 valence electrons. The maximum absolute atomic E-state index is 12.3. The molecule has 10 heteroatoms. The number of hydrogen-bond donors (Lipinski definition) is 1. The summed E-state index contributed by atoms with van der Waals surface area (Å²) in [5, 5.41) is 9.35. The van der Waals surface area contributed by atoms with Crippen LogP contribution in [0.2, 0.25) is 5.02 Å². The monoisotopic (exact) mass is 496 g/mol. The summed E-state index contributed by atoms with van der Waals surface area (Å²) >= 11 is 6.33. The minimum absolute atomic E-state index is 0.199. The highest BCUT2D eigenvalue weighted by atomic mass is 35.5.